The first kappa shape index (κ1) is 21.7. The van der Waals surface area contributed by atoms with Crippen LogP contribution in [-0.2, 0) is 11.3 Å². The summed E-state index contributed by atoms with van der Waals surface area (Å²) in [6.07, 6.45) is 2.29. The minimum atomic E-state index is 0.416. The molecule has 0 radical (unpaired) electrons. The fraction of sp³-hybridized carbons (Fsp3) is 0.667. The molecule has 1 fully saturated rings. The van der Waals surface area contributed by atoms with Gasteiger partial charge in [-0.1, -0.05) is 30.3 Å². The van der Waals surface area contributed by atoms with Crippen molar-refractivity contribution in [1.82, 2.24) is 20.4 Å². The number of ether oxygens (including phenoxy) is 1. The summed E-state index contributed by atoms with van der Waals surface area (Å²) in [5, 5.41) is 7.08. The lowest BCUT2D eigenvalue weighted by molar-refractivity contribution is 0.128. The van der Waals surface area contributed by atoms with Crippen molar-refractivity contribution in [3.63, 3.8) is 0 Å². The zero-order valence-corrected chi connectivity index (χ0v) is 17.4. The SMILES string of the molecule is CN=C(NCC(C)N(C)Cc1ccccc1)NC1CCN(CCOC)CC1. The molecular weight excluding hydrogens is 338 g/mol. The Morgan fingerprint density at radius 3 is 2.63 bits per heavy atom. The van der Waals surface area contributed by atoms with Crippen molar-refractivity contribution in [2.24, 2.45) is 4.99 Å². The molecule has 1 aliphatic rings. The fourth-order valence-electron chi connectivity index (χ4n) is 3.34. The van der Waals surface area contributed by atoms with Crippen molar-refractivity contribution in [2.75, 3.05) is 54.0 Å². The summed E-state index contributed by atoms with van der Waals surface area (Å²) in [5.74, 6) is 0.908. The van der Waals surface area contributed by atoms with E-state index in [1.54, 1.807) is 7.11 Å². The van der Waals surface area contributed by atoms with Crippen LogP contribution in [0.2, 0.25) is 0 Å². The number of likely N-dealkylation sites (N-methyl/N-ethyl adjacent to an activating group) is 1. The lowest BCUT2D eigenvalue weighted by Crippen LogP contribution is -2.51. The van der Waals surface area contributed by atoms with Crippen molar-refractivity contribution in [1.29, 1.82) is 0 Å². The summed E-state index contributed by atoms with van der Waals surface area (Å²) in [6, 6.07) is 11.5. The first-order valence-electron chi connectivity index (χ1n) is 10.0. The minimum absolute atomic E-state index is 0.416. The third-order valence-corrected chi connectivity index (χ3v) is 5.36. The van der Waals surface area contributed by atoms with Crippen LogP contribution < -0.4 is 10.6 Å². The lowest BCUT2D eigenvalue weighted by Gasteiger charge is -2.33. The van der Waals surface area contributed by atoms with Gasteiger partial charge < -0.3 is 20.3 Å². The maximum atomic E-state index is 5.17. The average Bonchev–Trinajstić information content (AvgIpc) is 2.70. The van der Waals surface area contributed by atoms with Gasteiger partial charge in [0.25, 0.3) is 0 Å². The monoisotopic (exact) mass is 375 g/mol. The van der Waals surface area contributed by atoms with Gasteiger partial charge in [-0.2, -0.15) is 0 Å². The van der Waals surface area contributed by atoms with E-state index in [4.69, 9.17) is 4.74 Å². The first-order chi connectivity index (χ1) is 13.1. The van der Waals surface area contributed by atoms with Crippen LogP contribution in [0.1, 0.15) is 25.3 Å². The van der Waals surface area contributed by atoms with Crippen molar-refractivity contribution in [3.8, 4) is 0 Å². The summed E-state index contributed by atoms with van der Waals surface area (Å²) in [6.45, 7) is 8.16. The summed E-state index contributed by atoms with van der Waals surface area (Å²) < 4.78 is 5.17. The molecular formula is C21H37N5O. The van der Waals surface area contributed by atoms with Gasteiger partial charge in [-0.3, -0.25) is 9.89 Å². The van der Waals surface area contributed by atoms with Crippen LogP contribution in [0.3, 0.4) is 0 Å². The molecule has 2 N–H and O–H groups in total. The van der Waals surface area contributed by atoms with E-state index in [0.717, 1.165) is 58.1 Å². The van der Waals surface area contributed by atoms with Gasteiger partial charge in [-0.15, -0.1) is 0 Å². The molecule has 6 heteroatoms. The molecule has 1 aromatic rings. The van der Waals surface area contributed by atoms with Crippen molar-refractivity contribution < 1.29 is 4.74 Å². The van der Waals surface area contributed by atoms with Crippen LogP contribution in [0, 0.1) is 0 Å². The highest BCUT2D eigenvalue weighted by atomic mass is 16.5. The normalized spacial score (nSPS) is 17.9. The van der Waals surface area contributed by atoms with Gasteiger partial charge in [-0.25, -0.2) is 0 Å². The molecule has 27 heavy (non-hydrogen) atoms. The quantitative estimate of drug-likeness (QED) is 0.509. The van der Waals surface area contributed by atoms with Gasteiger partial charge in [0.05, 0.1) is 6.61 Å². The molecule has 0 aliphatic carbocycles. The highest BCUT2D eigenvalue weighted by molar-refractivity contribution is 5.80. The Morgan fingerprint density at radius 2 is 2.00 bits per heavy atom. The minimum Gasteiger partial charge on any atom is -0.383 e. The van der Waals surface area contributed by atoms with E-state index >= 15 is 0 Å². The smallest absolute Gasteiger partial charge is 0.191 e. The molecule has 1 aromatic carbocycles. The maximum absolute atomic E-state index is 5.17. The molecule has 0 spiro atoms. The Kier molecular flexibility index (Phi) is 9.59. The number of nitrogens with one attached hydrogen (secondary N) is 2. The van der Waals surface area contributed by atoms with Gasteiger partial charge in [0.1, 0.15) is 0 Å². The summed E-state index contributed by atoms with van der Waals surface area (Å²) in [7, 11) is 5.79. The second-order valence-corrected chi connectivity index (χ2v) is 7.46. The Bertz CT molecular complexity index is 543. The highest BCUT2D eigenvalue weighted by Crippen LogP contribution is 2.10. The highest BCUT2D eigenvalue weighted by Gasteiger charge is 2.20. The number of methoxy groups -OCH3 is 1. The Labute approximate surface area is 165 Å². The van der Waals surface area contributed by atoms with E-state index in [0.29, 0.717) is 12.1 Å². The largest absolute Gasteiger partial charge is 0.383 e. The molecule has 152 valence electrons. The third kappa shape index (κ3) is 7.87. The number of nitrogens with zero attached hydrogens (tertiary/aromatic N) is 3. The van der Waals surface area contributed by atoms with Gasteiger partial charge in [0, 0.05) is 59.0 Å². The zero-order valence-electron chi connectivity index (χ0n) is 17.4. The van der Waals surface area contributed by atoms with Gasteiger partial charge in [-0.05, 0) is 32.4 Å². The molecule has 1 aliphatic heterocycles. The number of likely N-dealkylation sites (tertiary alicyclic amines) is 1. The van der Waals surface area contributed by atoms with E-state index in [9.17, 15) is 0 Å². The van der Waals surface area contributed by atoms with E-state index < -0.39 is 0 Å². The van der Waals surface area contributed by atoms with Gasteiger partial charge in [0.15, 0.2) is 5.96 Å². The molecule has 0 bridgehead atoms. The molecule has 0 aromatic heterocycles. The molecule has 6 nitrogen and oxygen atoms in total. The maximum Gasteiger partial charge on any atom is 0.191 e. The standard InChI is InChI=1S/C21H37N5O/c1-18(25(3)17-19-8-6-5-7-9-19)16-23-21(22-2)24-20-10-12-26(13-11-20)14-15-27-4/h5-9,18,20H,10-17H2,1-4H3,(H2,22,23,24). The number of piperidine rings is 1. The second kappa shape index (κ2) is 12.0. The summed E-state index contributed by atoms with van der Waals surface area (Å²) >= 11 is 0. The van der Waals surface area contributed by atoms with Gasteiger partial charge in [0.2, 0.25) is 0 Å². The van der Waals surface area contributed by atoms with Crippen LogP contribution in [0.15, 0.2) is 35.3 Å². The zero-order chi connectivity index (χ0) is 19.5. The number of guanidine groups is 1. The topological polar surface area (TPSA) is 52.1 Å². The number of hydrogen-bond donors (Lipinski definition) is 2. The number of aliphatic imine (C=N–C) groups is 1. The van der Waals surface area contributed by atoms with Crippen LogP contribution in [-0.4, -0.2) is 81.8 Å². The lowest BCUT2D eigenvalue weighted by atomic mass is 10.1. The predicted molar refractivity (Wildman–Crippen MR) is 113 cm³/mol. The van der Waals surface area contributed by atoms with Crippen LogP contribution >= 0.6 is 0 Å². The van der Waals surface area contributed by atoms with E-state index in [1.165, 1.54) is 5.56 Å². The number of hydrogen-bond acceptors (Lipinski definition) is 4. The Hall–Kier alpha value is -1.63. The van der Waals surface area contributed by atoms with Crippen LogP contribution in [0.25, 0.3) is 0 Å². The number of benzene rings is 1. The van der Waals surface area contributed by atoms with Crippen LogP contribution in [0.5, 0.6) is 0 Å². The van der Waals surface area contributed by atoms with Crippen molar-refractivity contribution >= 4 is 5.96 Å². The molecule has 1 unspecified atom stereocenters. The predicted octanol–water partition coefficient (Wildman–Crippen LogP) is 1.78. The van der Waals surface area contributed by atoms with E-state index in [2.05, 4.69) is 69.7 Å². The summed E-state index contributed by atoms with van der Waals surface area (Å²) in [5.41, 5.74) is 1.34. The van der Waals surface area contributed by atoms with E-state index in [1.807, 2.05) is 7.05 Å². The van der Waals surface area contributed by atoms with Crippen molar-refractivity contribution in [2.45, 2.75) is 38.4 Å². The molecule has 1 heterocycles. The summed E-state index contributed by atoms with van der Waals surface area (Å²) in [4.78, 5) is 9.24. The van der Waals surface area contributed by atoms with Crippen molar-refractivity contribution in [3.05, 3.63) is 35.9 Å². The van der Waals surface area contributed by atoms with Gasteiger partial charge >= 0.3 is 0 Å². The van der Waals surface area contributed by atoms with Crippen LogP contribution in [0.4, 0.5) is 0 Å². The third-order valence-electron chi connectivity index (χ3n) is 5.36. The Balaban J connectivity index is 1.69. The molecule has 0 saturated carbocycles. The molecule has 2 rings (SSSR count). The fourth-order valence-corrected chi connectivity index (χ4v) is 3.34. The van der Waals surface area contributed by atoms with E-state index in [-0.39, 0.29) is 0 Å². The Morgan fingerprint density at radius 1 is 1.30 bits per heavy atom. The first-order valence-corrected chi connectivity index (χ1v) is 10.0. The second-order valence-electron chi connectivity index (χ2n) is 7.46. The molecule has 0 amide bonds. The molecule has 1 saturated heterocycles. The average molecular weight is 376 g/mol. The number of rotatable bonds is 9. The molecule has 1 atom stereocenters.